The summed E-state index contributed by atoms with van der Waals surface area (Å²) < 4.78 is 26.5. The molecule has 0 saturated carbocycles. The van der Waals surface area contributed by atoms with E-state index < -0.39 is 15.9 Å². The zero-order valence-corrected chi connectivity index (χ0v) is 18.3. The summed E-state index contributed by atoms with van der Waals surface area (Å²) in [6.07, 6.45) is 0.147. The number of benzene rings is 2. The molecule has 7 nitrogen and oxygen atoms in total. The summed E-state index contributed by atoms with van der Waals surface area (Å²) in [5.41, 5.74) is 2.39. The Bertz CT molecular complexity index is 1010. The maximum atomic E-state index is 12.7. The number of rotatable bonds is 7. The van der Waals surface area contributed by atoms with E-state index in [0.717, 1.165) is 11.3 Å². The number of hydrogen-bond acceptors (Lipinski definition) is 4. The zero-order chi connectivity index (χ0) is 21.9. The van der Waals surface area contributed by atoms with Gasteiger partial charge >= 0.3 is 0 Å². The van der Waals surface area contributed by atoms with Crippen LogP contribution >= 0.6 is 0 Å². The second kappa shape index (κ2) is 8.97. The van der Waals surface area contributed by atoms with Gasteiger partial charge in [0, 0.05) is 37.4 Å². The van der Waals surface area contributed by atoms with Crippen LogP contribution in [0, 0.1) is 12.8 Å². The largest absolute Gasteiger partial charge is 0.326 e. The molecule has 0 aromatic heterocycles. The highest BCUT2D eigenvalue weighted by atomic mass is 32.2. The van der Waals surface area contributed by atoms with E-state index in [4.69, 9.17) is 0 Å². The fraction of sp³-hybridized carbons (Fsp3) is 0.364. The normalized spacial score (nSPS) is 16.9. The van der Waals surface area contributed by atoms with Crippen LogP contribution < -0.4 is 10.2 Å². The van der Waals surface area contributed by atoms with Crippen molar-refractivity contribution in [2.45, 2.75) is 32.1 Å². The van der Waals surface area contributed by atoms with Gasteiger partial charge in [0.15, 0.2) is 0 Å². The van der Waals surface area contributed by atoms with E-state index in [0.29, 0.717) is 25.3 Å². The summed E-state index contributed by atoms with van der Waals surface area (Å²) in [7, 11) is -3.54. The summed E-state index contributed by atoms with van der Waals surface area (Å²) in [6, 6.07) is 13.7. The van der Waals surface area contributed by atoms with Crippen LogP contribution in [-0.4, -0.2) is 44.2 Å². The van der Waals surface area contributed by atoms with Gasteiger partial charge in [0.2, 0.25) is 21.8 Å². The number of nitrogens with zero attached hydrogens (tertiary/aromatic N) is 2. The first-order chi connectivity index (χ1) is 14.3. The molecule has 30 heavy (non-hydrogen) atoms. The predicted octanol–water partition coefficient (Wildman–Crippen LogP) is 3.02. The second-order valence-electron chi connectivity index (χ2n) is 7.34. The maximum absolute atomic E-state index is 12.7. The number of aryl methyl sites for hydroxylation is 1. The highest BCUT2D eigenvalue weighted by Crippen LogP contribution is 2.26. The molecule has 2 amide bonds. The highest BCUT2D eigenvalue weighted by Gasteiger charge is 2.35. The van der Waals surface area contributed by atoms with Gasteiger partial charge in [-0.15, -0.1) is 0 Å². The lowest BCUT2D eigenvalue weighted by atomic mass is 10.1. The number of anilines is 2. The van der Waals surface area contributed by atoms with Crippen molar-refractivity contribution in [1.29, 1.82) is 0 Å². The van der Waals surface area contributed by atoms with Crippen LogP contribution in [0.5, 0.6) is 0 Å². The molecule has 1 saturated heterocycles. The number of carbonyl (C=O) groups excluding carboxylic acids is 2. The summed E-state index contributed by atoms with van der Waals surface area (Å²) in [5, 5.41) is 2.80. The number of hydrogen-bond donors (Lipinski definition) is 1. The van der Waals surface area contributed by atoms with Crippen molar-refractivity contribution in [2.75, 3.05) is 29.9 Å². The van der Waals surface area contributed by atoms with Gasteiger partial charge in [-0.3, -0.25) is 9.59 Å². The molecule has 0 spiro atoms. The Hall–Kier alpha value is -2.71. The molecule has 0 bridgehead atoms. The lowest BCUT2D eigenvalue weighted by molar-refractivity contribution is -0.122. The van der Waals surface area contributed by atoms with Crippen molar-refractivity contribution >= 4 is 33.2 Å². The van der Waals surface area contributed by atoms with E-state index in [2.05, 4.69) is 5.32 Å². The smallest absolute Gasteiger partial charge is 0.243 e. The predicted molar refractivity (Wildman–Crippen MR) is 117 cm³/mol. The van der Waals surface area contributed by atoms with Gasteiger partial charge in [0.1, 0.15) is 0 Å². The molecule has 1 unspecified atom stereocenters. The molecule has 2 aromatic rings. The minimum Gasteiger partial charge on any atom is -0.326 e. The number of carbonyl (C=O) groups is 2. The highest BCUT2D eigenvalue weighted by molar-refractivity contribution is 7.89. The number of sulfonamides is 1. The molecular formula is C22H27N3O4S. The van der Waals surface area contributed by atoms with Crippen molar-refractivity contribution in [3.63, 3.8) is 0 Å². The minimum absolute atomic E-state index is 0.0836. The maximum Gasteiger partial charge on any atom is 0.243 e. The molecule has 160 valence electrons. The van der Waals surface area contributed by atoms with Crippen LogP contribution in [0.1, 0.15) is 25.8 Å². The molecule has 0 radical (unpaired) electrons. The molecule has 3 rings (SSSR count). The summed E-state index contributed by atoms with van der Waals surface area (Å²) >= 11 is 0. The molecule has 1 fully saturated rings. The first-order valence-corrected chi connectivity index (χ1v) is 11.5. The number of nitrogens with one attached hydrogen (secondary N) is 1. The molecule has 1 aliphatic rings. The SMILES string of the molecule is CCN(CC)S(=O)(=O)c1ccc(NC(=O)C2CC(=O)N(c3ccc(C)cc3)C2)cc1. The van der Waals surface area contributed by atoms with Crippen molar-refractivity contribution in [2.24, 2.45) is 5.92 Å². The van der Waals surface area contributed by atoms with Crippen LogP contribution in [0.2, 0.25) is 0 Å². The fourth-order valence-corrected chi connectivity index (χ4v) is 4.98. The molecule has 1 N–H and O–H groups in total. The minimum atomic E-state index is -3.54. The van der Waals surface area contributed by atoms with Gasteiger partial charge in [-0.1, -0.05) is 31.5 Å². The van der Waals surface area contributed by atoms with E-state index in [1.807, 2.05) is 31.2 Å². The van der Waals surface area contributed by atoms with Gasteiger partial charge in [-0.2, -0.15) is 4.31 Å². The van der Waals surface area contributed by atoms with Gasteiger partial charge < -0.3 is 10.2 Å². The van der Waals surface area contributed by atoms with E-state index >= 15 is 0 Å². The van der Waals surface area contributed by atoms with Gasteiger partial charge in [0.25, 0.3) is 0 Å². The summed E-state index contributed by atoms with van der Waals surface area (Å²) in [4.78, 5) is 26.8. The molecule has 1 atom stereocenters. The standard InChI is InChI=1S/C22H27N3O4S/c1-4-24(5-2)30(28,29)20-12-8-18(9-13-20)23-22(27)17-14-21(26)25(15-17)19-10-6-16(3)7-11-19/h6-13,17H,4-5,14-15H2,1-3H3,(H,23,27). The Kier molecular flexibility index (Phi) is 6.58. The van der Waals surface area contributed by atoms with E-state index in [1.165, 1.54) is 16.4 Å². The van der Waals surface area contributed by atoms with Crippen molar-refractivity contribution in [3.05, 3.63) is 54.1 Å². The third-order valence-electron chi connectivity index (χ3n) is 5.31. The Morgan fingerprint density at radius 3 is 2.23 bits per heavy atom. The molecule has 1 heterocycles. The molecular weight excluding hydrogens is 402 g/mol. The van der Waals surface area contributed by atoms with Crippen LogP contribution in [0.25, 0.3) is 0 Å². The van der Waals surface area contributed by atoms with Crippen molar-refractivity contribution in [1.82, 2.24) is 4.31 Å². The average molecular weight is 430 g/mol. The van der Waals surface area contributed by atoms with Gasteiger partial charge in [0.05, 0.1) is 10.8 Å². The van der Waals surface area contributed by atoms with E-state index in [1.54, 1.807) is 30.9 Å². The Balaban J connectivity index is 1.66. The van der Waals surface area contributed by atoms with Crippen LogP contribution in [0.3, 0.4) is 0 Å². The van der Waals surface area contributed by atoms with Crippen LogP contribution in [-0.2, 0) is 19.6 Å². The monoisotopic (exact) mass is 429 g/mol. The van der Waals surface area contributed by atoms with Crippen molar-refractivity contribution in [3.8, 4) is 0 Å². The average Bonchev–Trinajstić information content (AvgIpc) is 3.11. The lowest BCUT2D eigenvalue weighted by Gasteiger charge is -2.19. The quantitative estimate of drug-likeness (QED) is 0.733. The zero-order valence-electron chi connectivity index (χ0n) is 17.5. The Labute approximate surface area is 177 Å². The second-order valence-corrected chi connectivity index (χ2v) is 9.28. The molecule has 0 aliphatic carbocycles. The third-order valence-corrected chi connectivity index (χ3v) is 7.37. The molecule has 8 heteroatoms. The topological polar surface area (TPSA) is 86.8 Å². The Morgan fingerprint density at radius 1 is 1.07 bits per heavy atom. The summed E-state index contributed by atoms with van der Waals surface area (Å²) in [6.45, 7) is 6.67. The van der Waals surface area contributed by atoms with Crippen LogP contribution in [0.4, 0.5) is 11.4 Å². The molecule has 1 aliphatic heterocycles. The summed E-state index contributed by atoms with van der Waals surface area (Å²) in [5.74, 6) is -0.796. The first kappa shape index (κ1) is 22.0. The fourth-order valence-electron chi connectivity index (χ4n) is 3.52. The van der Waals surface area contributed by atoms with Crippen molar-refractivity contribution < 1.29 is 18.0 Å². The van der Waals surface area contributed by atoms with Gasteiger partial charge in [-0.05, 0) is 43.3 Å². The first-order valence-electron chi connectivity index (χ1n) is 10.0. The Morgan fingerprint density at radius 2 is 1.67 bits per heavy atom. The number of amides is 2. The van der Waals surface area contributed by atoms with Crippen LogP contribution in [0.15, 0.2) is 53.4 Å². The lowest BCUT2D eigenvalue weighted by Crippen LogP contribution is -2.30. The van der Waals surface area contributed by atoms with E-state index in [-0.39, 0.29) is 23.1 Å². The van der Waals surface area contributed by atoms with Gasteiger partial charge in [-0.25, -0.2) is 8.42 Å². The third kappa shape index (κ3) is 4.55. The molecule has 2 aromatic carbocycles. The van der Waals surface area contributed by atoms with E-state index in [9.17, 15) is 18.0 Å².